The van der Waals surface area contributed by atoms with Gasteiger partial charge in [-0.3, -0.25) is 0 Å². The van der Waals surface area contributed by atoms with E-state index in [0.717, 1.165) is 63.1 Å². The molecule has 0 amide bonds. The molecule has 2 aromatic heterocycles. The number of benzene rings is 7. The van der Waals surface area contributed by atoms with E-state index >= 15 is 0 Å². The molecule has 0 bridgehead atoms. The van der Waals surface area contributed by atoms with Crippen LogP contribution in [0.2, 0.25) is 0 Å². The molecule has 7 aromatic carbocycles. The number of rotatable bonds is 3. The molecule has 0 saturated heterocycles. The number of furan rings is 2. The lowest BCUT2D eigenvalue weighted by molar-refractivity contribution is 0.668. The van der Waals surface area contributed by atoms with Gasteiger partial charge in [0.1, 0.15) is 22.3 Å². The largest absolute Gasteiger partial charge is 0.456 e. The topological polar surface area (TPSA) is 32.8 Å². The molecule has 5 heteroatoms. The van der Waals surface area contributed by atoms with Crippen LogP contribution >= 0.6 is 0 Å². The van der Waals surface area contributed by atoms with Crippen LogP contribution in [0.5, 0.6) is 0 Å². The van der Waals surface area contributed by atoms with Crippen molar-refractivity contribution in [1.29, 1.82) is 0 Å². The van der Waals surface area contributed by atoms with E-state index in [1.165, 1.54) is 78.2 Å². The summed E-state index contributed by atoms with van der Waals surface area (Å²) in [5.74, 6) is 0. The van der Waals surface area contributed by atoms with E-state index in [9.17, 15) is 0 Å². The monoisotopic (exact) mass is 754 g/mol. The zero-order chi connectivity index (χ0) is 38.3. The zero-order valence-electron chi connectivity index (χ0n) is 32.2. The van der Waals surface area contributed by atoms with Gasteiger partial charge in [-0.2, -0.15) is 0 Å². The summed E-state index contributed by atoms with van der Waals surface area (Å²) in [5, 5.41) is 4.62. The molecule has 5 aliphatic rings. The maximum absolute atomic E-state index is 6.31. The molecule has 4 nitrogen and oxygen atoms in total. The van der Waals surface area contributed by atoms with Gasteiger partial charge >= 0.3 is 0 Å². The Balaban J connectivity index is 1.02. The van der Waals surface area contributed by atoms with Crippen molar-refractivity contribution in [3.63, 3.8) is 0 Å². The second kappa shape index (κ2) is 11.7. The maximum Gasteiger partial charge on any atom is 0.251 e. The van der Waals surface area contributed by atoms with Crippen molar-refractivity contribution < 1.29 is 8.83 Å². The van der Waals surface area contributed by atoms with Crippen LogP contribution in [0.3, 0.4) is 0 Å². The van der Waals surface area contributed by atoms with Gasteiger partial charge in [0.2, 0.25) is 0 Å². The molecule has 0 saturated carbocycles. The van der Waals surface area contributed by atoms with Gasteiger partial charge in [0, 0.05) is 55.6 Å². The third-order valence-corrected chi connectivity index (χ3v) is 13.6. The molecule has 0 spiro atoms. The molecular weight excluding hydrogens is 719 g/mol. The van der Waals surface area contributed by atoms with Crippen molar-refractivity contribution in [3.8, 4) is 11.1 Å². The molecule has 5 heterocycles. The van der Waals surface area contributed by atoms with Crippen LogP contribution in [0.4, 0.5) is 22.7 Å². The van der Waals surface area contributed by atoms with Crippen molar-refractivity contribution in [1.82, 2.24) is 0 Å². The van der Waals surface area contributed by atoms with Crippen LogP contribution in [0.15, 0.2) is 190 Å². The van der Waals surface area contributed by atoms with Gasteiger partial charge in [-0.25, -0.2) is 0 Å². The predicted octanol–water partition coefficient (Wildman–Crippen LogP) is 12.8. The fraction of sp³-hybridized carbons (Fsp3) is 0.0741. The van der Waals surface area contributed by atoms with Gasteiger partial charge in [-0.15, -0.1) is 0 Å². The summed E-state index contributed by atoms with van der Waals surface area (Å²) >= 11 is 0. The fourth-order valence-corrected chi connectivity index (χ4v) is 11.1. The maximum atomic E-state index is 6.31. The van der Waals surface area contributed by atoms with Crippen molar-refractivity contribution >= 4 is 95.4 Å². The number of fused-ring (bicyclic) bond motifs is 12. The Morgan fingerprint density at radius 2 is 1.29 bits per heavy atom. The number of nitrogens with zero attached hydrogens (tertiary/aromatic N) is 2. The quantitative estimate of drug-likeness (QED) is 0.168. The molecule has 1 atom stereocenters. The summed E-state index contributed by atoms with van der Waals surface area (Å²) in [6.07, 6.45) is 12.7. The first-order valence-electron chi connectivity index (χ1n) is 20.9. The minimum absolute atomic E-state index is 0.112. The van der Waals surface area contributed by atoms with Crippen LogP contribution in [-0.2, 0) is 0 Å². The molecule has 14 rings (SSSR count). The van der Waals surface area contributed by atoms with Crippen molar-refractivity contribution in [3.05, 3.63) is 192 Å². The molecule has 59 heavy (non-hydrogen) atoms. The first kappa shape index (κ1) is 31.8. The van der Waals surface area contributed by atoms with Crippen molar-refractivity contribution in [2.24, 2.45) is 0 Å². The van der Waals surface area contributed by atoms with E-state index in [1.54, 1.807) is 0 Å². The van der Waals surface area contributed by atoms with Crippen LogP contribution in [0, 0.1) is 0 Å². The van der Waals surface area contributed by atoms with Gasteiger partial charge in [0.15, 0.2) is 0 Å². The van der Waals surface area contributed by atoms with E-state index in [2.05, 4.69) is 168 Å². The lowest BCUT2D eigenvalue weighted by Gasteiger charge is -2.45. The summed E-state index contributed by atoms with van der Waals surface area (Å²) in [6, 6.07) is 53.4. The van der Waals surface area contributed by atoms with E-state index in [0.29, 0.717) is 0 Å². The zero-order valence-corrected chi connectivity index (χ0v) is 32.2. The summed E-state index contributed by atoms with van der Waals surface area (Å²) in [6.45, 7) is 0.112. The van der Waals surface area contributed by atoms with Crippen LogP contribution in [-0.4, -0.2) is 12.8 Å². The third kappa shape index (κ3) is 4.34. The Hall–Kier alpha value is -7.24. The van der Waals surface area contributed by atoms with E-state index in [1.807, 2.05) is 12.1 Å². The molecule has 0 fully saturated rings. The Bertz CT molecular complexity index is 3450. The van der Waals surface area contributed by atoms with Gasteiger partial charge in [-0.05, 0) is 136 Å². The van der Waals surface area contributed by atoms with Crippen LogP contribution in [0.1, 0.15) is 30.4 Å². The third-order valence-electron chi connectivity index (χ3n) is 13.6. The highest BCUT2D eigenvalue weighted by atomic mass is 16.3. The average Bonchev–Trinajstić information content (AvgIpc) is 3.97. The molecule has 2 aliphatic carbocycles. The van der Waals surface area contributed by atoms with E-state index in [4.69, 9.17) is 8.83 Å². The van der Waals surface area contributed by atoms with E-state index < -0.39 is 0 Å². The fourth-order valence-electron chi connectivity index (χ4n) is 11.1. The minimum Gasteiger partial charge on any atom is -0.456 e. The Labute approximate surface area is 341 Å². The predicted molar refractivity (Wildman–Crippen MR) is 245 cm³/mol. The molecule has 3 aliphatic heterocycles. The first-order chi connectivity index (χ1) is 29.2. The van der Waals surface area contributed by atoms with E-state index in [-0.39, 0.29) is 12.8 Å². The summed E-state index contributed by atoms with van der Waals surface area (Å²) in [5.41, 5.74) is 22.2. The lowest BCUT2D eigenvalue weighted by Crippen LogP contribution is -2.57. The average molecular weight is 755 g/mol. The summed E-state index contributed by atoms with van der Waals surface area (Å²) < 4.78 is 12.6. The summed E-state index contributed by atoms with van der Waals surface area (Å²) in [7, 11) is 0. The second-order valence-corrected chi connectivity index (χ2v) is 16.6. The molecule has 276 valence electrons. The Morgan fingerprint density at radius 1 is 0.593 bits per heavy atom. The number of allylic oxidation sites excluding steroid dienone is 6. The molecule has 9 aromatic rings. The number of para-hydroxylation sites is 3. The normalized spacial score (nSPS) is 17.4. The van der Waals surface area contributed by atoms with Gasteiger partial charge in [0.05, 0.1) is 6.04 Å². The van der Waals surface area contributed by atoms with Crippen LogP contribution in [0.25, 0.3) is 66.2 Å². The first-order valence-corrected chi connectivity index (χ1v) is 20.9. The standard InChI is InChI=1S/C54H35BN2O2/c1-2-11-36(12-3-1)56-46-16-7-6-15-43(46)55-44-31-35(34-23-26-52-41(29-34)38-14-5-9-20-50(38)59-52)30-42-39-27-32(33-22-25-51-40(28-33)37-13-4-8-19-49(37)58-51)21-24-45(39)57(54(42)44)48-18-10-17-47(56)53(48)55/h1-6,8-15,17-23,25-31,45H,7,16,24H2. The minimum atomic E-state index is 0.112. The molecule has 0 radical (unpaired) electrons. The van der Waals surface area contributed by atoms with Crippen LogP contribution < -0.4 is 20.7 Å². The molecule has 0 N–H and O–H groups in total. The highest BCUT2D eigenvalue weighted by molar-refractivity contribution is 6.95. The SMILES string of the molecule is C1=CC2=C(CC1)N(c1ccccc1)c1cccc3c1B2c1cc(-c2ccc4oc5ccccc5c4c2)cc2c1N3C1CC=C(c3ccc4oc5ccccc5c4c3)C=C21. The number of anilines is 4. The Morgan fingerprint density at radius 3 is 2.08 bits per heavy atom. The van der Waals surface area contributed by atoms with Crippen molar-refractivity contribution in [2.75, 3.05) is 9.80 Å². The number of hydrogen-bond acceptors (Lipinski definition) is 4. The molecular formula is C54H35BN2O2. The van der Waals surface area contributed by atoms with Gasteiger partial charge in [0.25, 0.3) is 6.71 Å². The molecule has 1 unspecified atom stereocenters. The number of hydrogen-bond donors (Lipinski definition) is 0. The second-order valence-electron chi connectivity index (χ2n) is 16.6. The Kier molecular flexibility index (Phi) is 6.29. The highest BCUT2D eigenvalue weighted by Crippen LogP contribution is 2.54. The lowest BCUT2D eigenvalue weighted by atomic mass is 9.32. The summed E-state index contributed by atoms with van der Waals surface area (Å²) in [4.78, 5) is 5.26. The van der Waals surface area contributed by atoms with Gasteiger partial charge in [-0.1, -0.05) is 97.1 Å². The highest BCUT2D eigenvalue weighted by Gasteiger charge is 2.49. The smallest absolute Gasteiger partial charge is 0.251 e. The van der Waals surface area contributed by atoms with Crippen molar-refractivity contribution in [2.45, 2.75) is 25.3 Å². The van der Waals surface area contributed by atoms with Gasteiger partial charge < -0.3 is 18.6 Å².